The fraction of sp³-hybridized carbons (Fsp3) is 0.176. The second-order valence-electron chi connectivity index (χ2n) is 16.5. The zero-order chi connectivity index (χ0) is 38.5. The minimum atomic E-state index is -0.254. The Bertz CT molecular complexity index is 2670. The van der Waals surface area contributed by atoms with E-state index in [0.29, 0.717) is 0 Å². The first-order valence-corrected chi connectivity index (χ1v) is 18.9. The first kappa shape index (κ1) is 38.7. The van der Waals surface area contributed by atoms with E-state index in [1.54, 1.807) is 0 Å². The van der Waals surface area contributed by atoms with E-state index >= 15 is 0 Å². The van der Waals surface area contributed by atoms with Crippen molar-refractivity contribution in [2.24, 2.45) is 7.05 Å². The van der Waals surface area contributed by atoms with Crippen LogP contribution in [0, 0.1) is 6.07 Å². The zero-order valence-electron chi connectivity index (χ0n) is 33.0. The molecule has 0 saturated heterocycles. The molecule has 0 saturated carbocycles. The van der Waals surface area contributed by atoms with Gasteiger partial charge in [0.05, 0.1) is 16.6 Å². The van der Waals surface area contributed by atoms with Crippen LogP contribution in [0.5, 0.6) is 5.75 Å². The number of pyridine rings is 1. The van der Waals surface area contributed by atoms with Crippen LogP contribution in [0.15, 0.2) is 146 Å². The van der Waals surface area contributed by atoms with Crippen LogP contribution >= 0.6 is 0 Å². The second kappa shape index (κ2) is 15.2. The molecule has 8 aromatic rings. The summed E-state index contributed by atoms with van der Waals surface area (Å²) in [6, 6.07) is 52.5. The Labute approximate surface area is 345 Å². The Balaban J connectivity index is 0.00000480. The summed E-state index contributed by atoms with van der Waals surface area (Å²) < 4.78 is 2.10. The molecule has 282 valence electrons. The molecule has 0 aliphatic carbocycles. The van der Waals surface area contributed by atoms with E-state index in [2.05, 4.69) is 180 Å². The Morgan fingerprint density at radius 3 is 1.77 bits per heavy atom. The number of hydrogen-bond donors (Lipinski definition) is 1. The molecule has 0 radical (unpaired) electrons. The van der Waals surface area contributed by atoms with Gasteiger partial charge in [-0.1, -0.05) is 167 Å². The van der Waals surface area contributed by atoms with Gasteiger partial charge in [0.1, 0.15) is 11.6 Å². The predicted molar refractivity (Wildman–Crippen MR) is 229 cm³/mol. The van der Waals surface area contributed by atoms with Gasteiger partial charge in [-0.05, 0) is 62.4 Å². The third-order valence-corrected chi connectivity index (χ3v) is 10.6. The molecular formula is C51H46N3OPt-. The second-order valence-corrected chi connectivity index (χ2v) is 16.5. The molecule has 4 nitrogen and oxygen atoms in total. The van der Waals surface area contributed by atoms with Gasteiger partial charge in [-0.15, -0.1) is 23.8 Å². The van der Waals surface area contributed by atoms with Crippen molar-refractivity contribution in [1.82, 2.24) is 14.5 Å². The standard InChI is InChI=1S/C51H46N3O.Pt/c1-50(2,3)41-31-43(48(55)44(32-41)51(4,5)6)49-53-47-42(19-14-20-46(47)54(49)7)39-27-38(34-17-12-9-13-18-34)28-40(29-39)45-30-37(25-26-52-45)36-23-21-35(22-24-36)33-15-10-8-11-16-33;/h8-28,30-32,55H,1-7H3;/q-1;. The minimum Gasteiger partial charge on any atom is -0.507 e. The van der Waals surface area contributed by atoms with Gasteiger partial charge in [0.25, 0.3) is 0 Å². The quantitative estimate of drug-likeness (QED) is 0.169. The zero-order valence-corrected chi connectivity index (χ0v) is 35.2. The van der Waals surface area contributed by atoms with Gasteiger partial charge < -0.3 is 9.67 Å². The summed E-state index contributed by atoms with van der Waals surface area (Å²) in [5.74, 6) is 1.00. The molecule has 0 fully saturated rings. The number of aromatic nitrogens is 3. The number of rotatable bonds is 6. The van der Waals surface area contributed by atoms with Gasteiger partial charge in [-0.25, -0.2) is 4.98 Å². The van der Waals surface area contributed by atoms with Gasteiger partial charge in [0, 0.05) is 45.6 Å². The van der Waals surface area contributed by atoms with Crippen LogP contribution < -0.4 is 0 Å². The molecule has 0 bridgehead atoms. The van der Waals surface area contributed by atoms with E-state index < -0.39 is 0 Å². The Kier molecular flexibility index (Phi) is 10.5. The van der Waals surface area contributed by atoms with Crippen LogP contribution in [0.4, 0.5) is 0 Å². The van der Waals surface area contributed by atoms with Crippen molar-refractivity contribution in [2.45, 2.75) is 52.4 Å². The number of imidazole rings is 1. The molecule has 0 amide bonds. The molecule has 8 rings (SSSR count). The molecule has 2 aromatic heterocycles. The minimum absolute atomic E-state index is 0. The molecular weight excluding hydrogens is 866 g/mol. The van der Waals surface area contributed by atoms with Gasteiger partial charge in [0.2, 0.25) is 0 Å². The molecule has 5 heteroatoms. The maximum atomic E-state index is 11.8. The summed E-state index contributed by atoms with van der Waals surface area (Å²) in [6.45, 7) is 13.1. The van der Waals surface area contributed by atoms with Gasteiger partial charge >= 0.3 is 0 Å². The molecule has 0 atom stereocenters. The fourth-order valence-electron chi connectivity index (χ4n) is 7.38. The topological polar surface area (TPSA) is 50.9 Å². The number of aryl methyl sites for hydroxylation is 1. The SMILES string of the molecule is Cn1c(-c2cc(C(C)(C)C)cc(C(C)(C)C)c2O)nc2c(-c3[c-]c(-c4cc(-c5ccc(-c6ccccc6)cc5)ccn4)cc(-c4ccccc4)c3)cccc21.[Pt]. The van der Waals surface area contributed by atoms with Crippen LogP contribution in [0.1, 0.15) is 52.7 Å². The summed E-state index contributed by atoms with van der Waals surface area (Å²) >= 11 is 0. The normalized spacial score (nSPS) is 11.8. The summed E-state index contributed by atoms with van der Waals surface area (Å²) in [6.07, 6.45) is 1.88. The average molecular weight is 912 g/mol. The van der Waals surface area contributed by atoms with Gasteiger partial charge in [-0.3, -0.25) is 4.98 Å². The monoisotopic (exact) mass is 911 g/mol. The molecule has 2 heterocycles. The van der Waals surface area contributed by atoms with Gasteiger partial charge in [-0.2, -0.15) is 0 Å². The maximum Gasteiger partial charge on any atom is 0.143 e. The van der Waals surface area contributed by atoms with Crippen LogP contribution in [0.2, 0.25) is 0 Å². The van der Waals surface area contributed by atoms with E-state index in [1.807, 2.05) is 25.4 Å². The van der Waals surface area contributed by atoms with Crippen LogP contribution in [0.3, 0.4) is 0 Å². The smallest absolute Gasteiger partial charge is 0.143 e. The number of fused-ring (bicyclic) bond motifs is 1. The predicted octanol–water partition coefficient (Wildman–Crippen LogP) is 13.1. The Morgan fingerprint density at radius 1 is 0.554 bits per heavy atom. The molecule has 1 N–H and O–H groups in total. The van der Waals surface area contributed by atoms with Crippen molar-refractivity contribution in [2.75, 3.05) is 0 Å². The average Bonchev–Trinajstić information content (AvgIpc) is 3.53. The number of phenols is 1. The van der Waals surface area contributed by atoms with E-state index in [1.165, 1.54) is 11.1 Å². The number of para-hydroxylation sites is 1. The van der Waals surface area contributed by atoms with Crippen LogP contribution in [-0.4, -0.2) is 19.6 Å². The molecule has 0 aliphatic heterocycles. The first-order chi connectivity index (χ1) is 26.3. The van der Waals surface area contributed by atoms with Crippen molar-refractivity contribution in [3.05, 3.63) is 163 Å². The number of benzene rings is 6. The summed E-state index contributed by atoms with van der Waals surface area (Å²) in [5, 5.41) is 11.8. The molecule has 6 aromatic carbocycles. The largest absolute Gasteiger partial charge is 0.507 e. The van der Waals surface area contributed by atoms with E-state index in [-0.39, 0.29) is 37.6 Å². The molecule has 56 heavy (non-hydrogen) atoms. The van der Waals surface area contributed by atoms with Crippen molar-refractivity contribution in [1.29, 1.82) is 0 Å². The third-order valence-electron chi connectivity index (χ3n) is 10.6. The number of phenolic OH excluding ortho intramolecular Hbond substituents is 1. The van der Waals surface area contributed by atoms with E-state index in [4.69, 9.17) is 9.97 Å². The van der Waals surface area contributed by atoms with Gasteiger partial charge in [0.15, 0.2) is 0 Å². The molecule has 0 spiro atoms. The fourth-order valence-corrected chi connectivity index (χ4v) is 7.38. The van der Waals surface area contributed by atoms with Crippen molar-refractivity contribution in [3.63, 3.8) is 0 Å². The van der Waals surface area contributed by atoms with Crippen LogP contribution in [0.25, 0.3) is 78.2 Å². The Hall–Kier alpha value is -5.57. The molecule has 0 aliphatic rings. The maximum absolute atomic E-state index is 11.8. The van der Waals surface area contributed by atoms with E-state index in [0.717, 1.165) is 78.2 Å². The van der Waals surface area contributed by atoms with Crippen molar-refractivity contribution >= 4 is 11.0 Å². The first-order valence-electron chi connectivity index (χ1n) is 18.9. The van der Waals surface area contributed by atoms with Crippen LogP contribution in [-0.2, 0) is 38.9 Å². The summed E-state index contributed by atoms with van der Waals surface area (Å²) in [5.41, 5.74) is 14.7. The molecule has 0 unspecified atom stereocenters. The van der Waals surface area contributed by atoms with Crippen molar-refractivity contribution < 1.29 is 26.2 Å². The third kappa shape index (κ3) is 7.51. The number of hydrogen-bond acceptors (Lipinski definition) is 3. The number of nitrogens with zero attached hydrogens (tertiary/aromatic N) is 3. The van der Waals surface area contributed by atoms with E-state index in [9.17, 15) is 5.11 Å². The number of aromatic hydroxyl groups is 1. The van der Waals surface area contributed by atoms with Crippen molar-refractivity contribution in [3.8, 4) is 72.9 Å². The Morgan fingerprint density at radius 2 is 1.14 bits per heavy atom. The summed E-state index contributed by atoms with van der Waals surface area (Å²) in [4.78, 5) is 10.2. The summed E-state index contributed by atoms with van der Waals surface area (Å²) in [7, 11) is 2.03.